The van der Waals surface area contributed by atoms with Crippen LogP contribution in [0.25, 0.3) is 34.2 Å². The third-order valence-electron chi connectivity index (χ3n) is 8.15. The number of nitrogens with zero attached hydrogens (tertiary/aromatic N) is 12. The van der Waals surface area contributed by atoms with Gasteiger partial charge in [-0.05, 0) is 93.4 Å². The van der Waals surface area contributed by atoms with Gasteiger partial charge in [-0.15, -0.1) is 20.4 Å². The summed E-state index contributed by atoms with van der Waals surface area (Å²) in [6.45, 7) is 5.00. The van der Waals surface area contributed by atoms with Crippen LogP contribution in [-0.4, -0.2) is 60.0 Å². The summed E-state index contributed by atoms with van der Waals surface area (Å²) in [6.07, 6.45) is 3.41. The second-order valence-electron chi connectivity index (χ2n) is 12.2. The Bertz CT molecular complexity index is 2450. The maximum Gasteiger partial charge on any atom is 0.209 e. The molecule has 8 aromatic rings. The van der Waals surface area contributed by atoms with Crippen molar-refractivity contribution in [2.24, 2.45) is 0 Å². The molecule has 54 heavy (non-hydrogen) atoms. The van der Waals surface area contributed by atoms with Crippen LogP contribution >= 0.6 is 68.0 Å². The molecule has 0 aliphatic heterocycles. The van der Waals surface area contributed by atoms with Crippen molar-refractivity contribution in [1.82, 2.24) is 60.0 Å². The Morgan fingerprint density at radius 2 is 0.981 bits per heavy atom. The molecule has 270 valence electrons. The van der Waals surface area contributed by atoms with Crippen molar-refractivity contribution >= 4 is 68.0 Å². The van der Waals surface area contributed by atoms with Gasteiger partial charge in [-0.3, -0.25) is 0 Å². The highest BCUT2D eigenvalue weighted by Gasteiger charge is 2.25. The van der Waals surface area contributed by atoms with E-state index in [2.05, 4.69) is 32.8 Å². The molecule has 0 bridgehead atoms. The Hall–Kier alpha value is -4.70. The average molecular weight is 833 g/mol. The Balaban J connectivity index is 1.18. The SMILES string of the molecule is Cc1cccc(Cn2nnc(-c3cnn(-c4ccc(Cl)c(Cl)c4)c3SSc3c(-c4nnn(Cc5cccc(C)c5)n4)cnn3-c3ccc(Cl)c(Cl)c3)n2)c1. The number of hydrogen-bond donors (Lipinski definition) is 0. The molecule has 4 aromatic carbocycles. The van der Waals surface area contributed by atoms with E-state index in [1.54, 1.807) is 55.6 Å². The Morgan fingerprint density at radius 1 is 0.537 bits per heavy atom. The van der Waals surface area contributed by atoms with Gasteiger partial charge in [0.1, 0.15) is 10.1 Å². The second-order valence-corrected chi connectivity index (χ2v) is 15.9. The van der Waals surface area contributed by atoms with Gasteiger partial charge in [0.15, 0.2) is 0 Å². The van der Waals surface area contributed by atoms with Crippen molar-refractivity contribution < 1.29 is 0 Å². The molecular weight excluding hydrogens is 806 g/mol. The van der Waals surface area contributed by atoms with Crippen molar-refractivity contribution in [3.05, 3.63) is 140 Å². The van der Waals surface area contributed by atoms with Crippen LogP contribution in [-0.2, 0) is 13.1 Å². The highest BCUT2D eigenvalue weighted by molar-refractivity contribution is 8.76. The zero-order valence-electron chi connectivity index (χ0n) is 28.3. The fraction of sp³-hybridized carbons (Fsp3) is 0.111. The summed E-state index contributed by atoms with van der Waals surface area (Å²) in [5, 5.41) is 39.5. The molecule has 0 amide bonds. The second kappa shape index (κ2) is 15.6. The van der Waals surface area contributed by atoms with Crippen LogP contribution in [0.2, 0.25) is 20.1 Å². The Labute approximate surface area is 336 Å². The summed E-state index contributed by atoms with van der Waals surface area (Å²) >= 11 is 25.5. The van der Waals surface area contributed by atoms with Crippen molar-refractivity contribution in [2.75, 3.05) is 0 Å². The van der Waals surface area contributed by atoms with E-state index in [0.717, 1.165) is 22.3 Å². The molecule has 0 aliphatic carbocycles. The third-order valence-corrected chi connectivity index (χ3v) is 12.0. The van der Waals surface area contributed by atoms with Crippen LogP contribution in [0, 0.1) is 13.8 Å². The van der Waals surface area contributed by atoms with Gasteiger partial charge in [0, 0.05) is 0 Å². The van der Waals surface area contributed by atoms with E-state index in [1.807, 2.05) is 62.4 Å². The van der Waals surface area contributed by atoms with Crippen molar-refractivity contribution in [2.45, 2.75) is 37.0 Å². The fourth-order valence-corrected chi connectivity index (χ4v) is 8.70. The summed E-state index contributed by atoms with van der Waals surface area (Å²) in [6, 6.07) is 27.0. The van der Waals surface area contributed by atoms with E-state index in [-0.39, 0.29) is 0 Å². The van der Waals surface area contributed by atoms with Crippen LogP contribution < -0.4 is 0 Å². The third kappa shape index (κ3) is 7.76. The minimum atomic E-state index is 0.386. The fourth-order valence-electron chi connectivity index (χ4n) is 5.61. The summed E-state index contributed by atoms with van der Waals surface area (Å²) < 4.78 is 3.51. The van der Waals surface area contributed by atoms with Crippen LogP contribution in [0.5, 0.6) is 0 Å². The number of hydrogen-bond acceptors (Lipinski definition) is 10. The lowest BCUT2D eigenvalue weighted by Gasteiger charge is -2.11. The molecule has 0 N–H and O–H groups in total. The molecule has 0 unspecified atom stereocenters. The predicted octanol–water partition coefficient (Wildman–Crippen LogP) is 9.49. The topological polar surface area (TPSA) is 123 Å². The molecule has 0 aliphatic rings. The van der Waals surface area contributed by atoms with Crippen LogP contribution in [0.4, 0.5) is 0 Å². The van der Waals surface area contributed by atoms with Crippen LogP contribution in [0.3, 0.4) is 0 Å². The standard InChI is InChI=1S/C36H26Cl4N12S2/c1-21-5-3-7-23(13-21)19-49-45-33(43-47-49)27-17-41-51(25-9-11-29(37)31(39)15-25)35(27)53-54-36-28(18-42-52(36)26-10-12-30(38)32(40)16-26)34-44-48-50(46-34)20-24-8-4-6-22(2)14-24/h3-18H,19-20H2,1-2H3. The average Bonchev–Trinajstić information content (AvgIpc) is 3.97. The van der Waals surface area contributed by atoms with Gasteiger partial charge >= 0.3 is 0 Å². The summed E-state index contributed by atoms with van der Waals surface area (Å²) in [5.41, 5.74) is 7.09. The number of tetrazole rings is 2. The molecule has 18 heteroatoms. The molecule has 0 saturated heterocycles. The molecule has 0 saturated carbocycles. The number of halogens is 4. The summed E-state index contributed by atoms with van der Waals surface area (Å²) in [5.74, 6) is 0.798. The Kier molecular flexibility index (Phi) is 10.5. The van der Waals surface area contributed by atoms with Gasteiger partial charge in [0.2, 0.25) is 11.6 Å². The largest absolute Gasteiger partial charge is 0.226 e. The van der Waals surface area contributed by atoms with E-state index in [1.165, 1.54) is 21.6 Å². The van der Waals surface area contributed by atoms with Crippen molar-refractivity contribution in [1.29, 1.82) is 0 Å². The molecule has 0 radical (unpaired) electrons. The molecule has 0 fully saturated rings. The molecule has 8 rings (SSSR count). The van der Waals surface area contributed by atoms with E-state index in [9.17, 15) is 0 Å². The van der Waals surface area contributed by atoms with Crippen molar-refractivity contribution in [3.8, 4) is 34.2 Å². The van der Waals surface area contributed by atoms with Gasteiger partial charge in [0.25, 0.3) is 0 Å². The van der Waals surface area contributed by atoms with E-state index in [4.69, 9.17) is 66.8 Å². The first-order valence-electron chi connectivity index (χ1n) is 16.3. The summed E-state index contributed by atoms with van der Waals surface area (Å²) in [4.78, 5) is 3.12. The molecule has 0 atom stereocenters. The first kappa shape index (κ1) is 36.3. The zero-order chi connectivity index (χ0) is 37.3. The number of aryl methyl sites for hydroxylation is 2. The maximum atomic E-state index is 6.47. The molecule has 12 nitrogen and oxygen atoms in total. The smallest absolute Gasteiger partial charge is 0.209 e. The quantitative estimate of drug-likeness (QED) is 0.117. The van der Waals surface area contributed by atoms with Gasteiger partial charge in [-0.1, -0.05) is 106 Å². The van der Waals surface area contributed by atoms with Crippen molar-refractivity contribution in [3.63, 3.8) is 0 Å². The van der Waals surface area contributed by atoms with Gasteiger partial charge in [-0.25, -0.2) is 9.36 Å². The number of benzene rings is 4. The highest BCUT2D eigenvalue weighted by Crippen LogP contribution is 2.46. The van der Waals surface area contributed by atoms with Gasteiger partial charge in [-0.2, -0.15) is 19.8 Å². The lowest BCUT2D eigenvalue weighted by atomic mass is 10.1. The molecule has 4 heterocycles. The van der Waals surface area contributed by atoms with Gasteiger partial charge in [0.05, 0.1) is 68.1 Å². The lowest BCUT2D eigenvalue weighted by molar-refractivity contribution is 0.572. The van der Waals surface area contributed by atoms with Gasteiger partial charge < -0.3 is 0 Å². The molecule has 4 aromatic heterocycles. The van der Waals surface area contributed by atoms with E-state index >= 15 is 0 Å². The minimum Gasteiger partial charge on any atom is -0.226 e. The normalized spacial score (nSPS) is 11.4. The minimum absolute atomic E-state index is 0.386. The highest BCUT2D eigenvalue weighted by atomic mass is 35.5. The first-order chi connectivity index (χ1) is 26.2. The van der Waals surface area contributed by atoms with E-state index in [0.29, 0.717) is 77.4 Å². The molecular formula is C36H26Cl4N12S2. The monoisotopic (exact) mass is 830 g/mol. The predicted molar refractivity (Wildman–Crippen MR) is 213 cm³/mol. The van der Waals surface area contributed by atoms with Crippen LogP contribution in [0.1, 0.15) is 22.3 Å². The Morgan fingerprint density at radius 3 is 1.39 bits per heavy atom. The zero-order valence-corrected chi connectivity index (χ0v) is 33.0. The van der Waals surface area contributed by atoms with E-state index < -0.39 is 0 Å². The molecule has 0 spiro atoms. The van der Waals surface area contributed by atoms with Crippen LogP contribution in [0.15, 0.2) is 107 Å². The number of rotatable bonds is 11. The first-order valence-corrected chi connectivity index (χ1v) is 19.9. The number of aromatic nitrogens is 12. The maximum absolute atomic E-state index is 6.47. The lowest BCUT2D eigenvalue weighted by Crippen LogP contribution is -2.04. The summed E-state index contributed by atoms with van der Waals surface area (Å²) in [7, 11) is 2.82.